The van der Waals surface area contributed by atoms with Gasteiger partial charge in [-0.3, -0.25) is 35.3 Å². The number of imidazole rings is 3. The molecule has 0 fully saturated rings. The molecule has 3 heterocycles. The summed E-state index contributed by atoms with van der Waals surface area (Å²) in [7, 11) is 7.54. The van der Waals surface area contributed by atoms with Crippen LogP contribution in [0.15, 0.2) is 76.9 Å². The summed E-state index contributed by atoms with van der Waals surface area (Å²) in [5, 5.41) is 13.3. The first-order chi connectivity index (χ1) is 15.0. The van der Waals surface area contributed by atoms with Crippen LogP contribution in [0.1, 0.15) is 0 Å². The van der Waals surface area contributed by atoms with Gasteiger partial charge in [-0.05, 0) is 12.1 Å². The molecule has 3 aromatic heterocycles. The van der Waals surface area contributed by atoms with E-state index < -0.39 is 0 Å². The minimum absolute atomic E-state index is 0. The Hall–Kier alpha value is -1.88. The van der Waals surface area contributed by atoms with E-state index in [1.165, 1.54) is 12.1 Å². The molecule has 0 spiro atoms. The van der Waals surface area contributed by atoms with Crippen molar-refractivity contribution >= 4 is 35.3 Å². The monoisotopic (exact) mass is 538 g/mol. The van der Waals surface area contributed by atoms with Gasteiger partial charge in [-0.15, -0.1) is 9.66 Å². The molecule has 4 aromatic rings. The number of rotatable bonds is 7. The van der Waals surface area contributed by atoms with Gasteiger partial charge in [0.2, 0.25) is 0 Å². The van der Waals surface area contributed by atoms with Gasteiger partial charge in [0.1, 0.15) is 21.2 Å². The molecule has 0 saturated heterocycles. The van der Waals surface area contributed by atoms with Crippen LogP contribution in [-0.4, -0.2) is 35.8 Å². The van der Waals surface area contributed by atoms with Crippen LogP contribution in [0.3, 0.4) is 0 Å². The van der Waals surface area contributed by atoms with Crippen molar-refractivity contribution in [1.29, 1.82) is 0 Å². The van der Waals surface area contributed by atoms with Crippen LogP contribution in [-0.2, 0) is 40.6 Å². The molecule has 0 aliphatic carbocycles. The number of nitrogens with zero attached hydrogens (tertiary/aromatic N) is 6. The Morgan fingerprint density at radius 3 is 1.41 bits per heavy atom. The quantitative estimate of drug-likeness (QED) is 0.199. The Morgan fingerprint density at radius 2 is 1.12 bits per heavy atom. The fourth-order valence-electron chi connectivity index (χ4n) is 2.21. The van der Waals surface area contributed by atoms with Crippen molar-refractivity contribution in [3.05, 3.63) is 65.4 Å². The Bertz CT molecular complexity index is 983. The summed E-state index contributed by atoms with van der Waals surface area (Å²) < 4.78 is 11.9. The SMILES string of the molecule is COc1ccc([O-])cc1.Cn1ccnc1S[C-](Sc1nccn1C)Sc1nccn1C.[Zn+2]. The first-order valence-electron chi connectivity index (χ1n) is 9.10. The van der Waals surface area contributed by atoms with E-state index in [1.54, 1.807) is 73.1 Å². The summed E-state index contributed by atoms with van der Waals surface area (Å²) in [5.41, 5.74) is 0. The Kier molecular flexibility index (Phi) is 10.7. The van der Waals surface area contributed by atoms with Crippen LogP contribution < -0.4 is 9.84 Å². The van der Waals surface area contributed by atoms with Gasteiger partial charge in [-0.2, -0.15) is 0 Å². The van der Waals surface area contributed by atoms with E-state index in [4.69, 9.17) is 4.74 Å². The maximum atomic E-state index is 10.5. The molecule has 12 heteroatoms. The summed E-state index contributed by atoms with van der Waals surface area (Å²) in [4.78, 5) is 13.1. The summed E-state index contributed by atoms with van der Waals surface area (Å²) in [6.45, 7) is 0. The van der Waals surface area contributed by atoms with Crippen molar-refractivity contribution in [3.63, 3.8) is 0 Å². The third-order valence-corrected chi connectivity index (χ3v) is 7.64. The fraction of sp³-hybridized carbons (Fsp3) is 0.200. The summed E-state index contributed by atoms with van der Waals surface area (Å²) in [5.74, 6) is 0.727. The van der Waals surface area contributed by atoms with E-state index in [-0.39, 0.29) is 25.2 Å². The Morgan fingerprint density at radius 1 is 0.750 bits per heavy atom. The predicted molar refractivity (Wildman–Crippen MR) is 123 cm³/mol. The minimum atomic E-state index is 0. The van der Waals surface area contributed by atoms with Crippen LogP contribution in [0.2, 0.25) is 0 Å². The van der Waals surface area contributed by atoms with E-state index in [1.807, 2.05) is 53.4 Å². The normalized spacial score (nSPS) is 10.4. The van der Waals surface area contributed by atoms with Crippen LogP contribution in [0.4, 0.5) is 0 Å². The zero-order valence-electron chi connectivity index (χ0n) is 18.2. The predicted octanol–water partition coefficient (Wildman–Crippen LogP) is 3.78. The van der Waals surface area contributed by atoms with E-state index in [2.05, 4.69) is 15.0 Å². The standard InChI is InChI=1S/C13H15N6S3.C7H8O2.Zn/c1-17-7-4-14-10(17)20-13(21-11-15-5-8-18(11)2)22-12-16-6-9-19(12)3;1-9-7-4-2-6(8)3-5-7;/h4-9H,1-3H3;2-5,8H,1H3;/q-1;;+2/p-1. The number of hydrogen-bond acceptors (Lipinski definition) is 8. The Labute approximate surface area is 213 Å². The molecule has 0 aliphatic rings. The zero-order chi connectivity index (χ0) is 22.2. The first kappa shape index (κ1) is 26.4. The van der Waals surface area contributed by atoms with Crippen molar-refractivity contribution in [1.82, 2.24) is 28.7 Å². The van der Waals surface area contributed by atoms with Gasteiger partial charge in [0.05, 0.1) is 7.11 Å². The molecule has 164 valence electrons. The molecule has 8 nitrogen and oxygen atoms in total. The third-order valence-electron chi connectivity index (χ3n) is 3.91. The number of aryl methyl sites for hydroxylation is 3. The van der Waals surface area contributed by atoms with E-state index in [9.17, 15) is 5.11 Å². The topological polar surface area (TPSA) is 85.8 Å². The zero-order valence-corrected chi connectivity index (χ0v) is 23.6. The second-order valence-electron chi connectivity index (χ2n) is 6.19. The second-order valence-corrected chi connectivity index (χ2v) is 9.90. The van der Waals surface area contributed by atoms with Gasteiger partial charge in [0, 0.05) is 58.3 Å². The van der Waals surface area contributed by atoms with Gasteiger partial charge in [-0.1, -0.05) is 12.1 Å². The van der Waals surface area contributed by atoms with Crippen LogP contribution >= 0.6 is 35.3 Å². The maximum absolute atomic E-state index is 10.5. The van der Waals surface area contributed by atoms with Crippen molar-refractivity contribution in [2.75, 3.05) is 7.11 Å². The third kappa shape index (κ3) is 7.62. The minimum Gasteiger partial charge on any atom is -0.872 e. The molecule has 0 atom stereocenters. The molecule has 32 heavy (non-hydrogen) atoms. The largest absolute Gasteiger partial charge is 2.00 e. The summed E-state index contributed by atoms with van der Waals surface area (Å²) >= 11 is 4.87. The molecule has 0 bridgehead atoms. The van der Waals surface area contributed by atoms with Crippen LogP contribution in [0, 0.1) is 3.91 Å². The molecule has 4 rings (SSSR count). The van der Waals surface area contributed by atoms with Gasteiger partial charge in [-0.25, -0.2) is 15.0 Å². The van der Waals surface area contributed by atoms with E-state index in [0.717, 1.165) is 25.1 Å². The fourth-order valence-corrected chi connectivity index (χ4v) is 5.46. The van der Waals surface area contributed by atoms with Gasteiger partial charge >= 0.3 is 19.5 Å². The first-order valence-corrected chi connectivity index (χ1v) is 11.5. The second kappa shape index (κ2) is 13.0. The van der Waals surface area contributed by atoms with Gasteiger partial charge in [0.25, 0.3) is 0 Å². The van der Waals surface area contributed by atoms with Crippen molar-refractivity contribution in [2.24, 2.45) is 21.1 Å². The summed E-state index contributed by atoms with van der Waals surface area (Å²) in [6.07, 6.45) is 11.2. The smallest absolute Gasteiger partial charge is 0.872 e. The van der Waals surface area contributed by atoms with Crippen molar-refractivity contribution < 1.29 is 29.3 Å². The molecule has 0 aliphatic heterocycles. The van der Waals surface area contributed by atoms with Gasteiger partial charge in [0.15, 0.2) is 0 Å². The van der Waals surface area contributed by atoms with Crippen LogP contribution in [0.5, 0.6) is 11.5 Å². The molecular formula is C20H22N6O2S3Zn. The average Bonchev–Trinajstić information content (AvgIpc) is 3.47. The molecule has 0 N–H and O–H groups in total. The summed E-state index contributed by atoms with van der Waals surface area (Å²) in [6, 6.07) is 6.22. The number of hydrogen-bond donors (Lipinski definition) is 0. The van der Waals surface area contributed by atoms with E-state index in [0.29, 0.717) is 0 Å². The Balaban J connectivity index is 0.000000307. The number of benzene rings is 1. The molecular weight excluding hydrogens is 518 g/mol. The number of methoxy groups -OCH3 is 1. The van der Waals surface area contributed by atoms with Gasteiger partial charge < -0.3 is 23.5 Å². The molecule has 0 saturated carbocycles. The molecule has 0 amide bonds. The number of aromatic nitrogens is 6. The molecule has 1 aromatic carbocycles. The number of thioether (sulfide) groups is 3. The van der Waals surface area contributed by atoms with Crippen LogP contribution in [0.25, 0.3) is 0 Å². The maximum Gasteiger partial charge on any atom is 2.00 e. The van der Waals surface area contributed by atoms with Crippen molar-refractivity contribution in [3.8, 4) is 11.5 Å². The molecule has 0 radical (unpaired) electrons. The average molecular weight is 540 g/mol. The molecule has 0 unspecified atom stereocenters. The van der Waals surface area contributed by atoms with Crippen molar-refractivity contribution in [2.45, 2.75) is 15.5 Å². The van der Waals surface area contributed by atoms with E-state index >= 15 is 0 Å². The number of ether oxygens (including phenoxy) is 1.